The number of methoxy groups -OCH3 is 1. The van der Waals surface area contributed by atoms with Gasteiger partial charge in [-0.3, -0.25) is 0 Å². The largest absolute Gasteiger partial charge is 0.496 e. The van der Waals surface area contributed by atoms with Crippen LogP contribution in [0.15, 0.2) is 30.9 Å². The Bertz CT molecular complexity index is 316. The third-order valence-corrected chi connectivity index (χ3v) is 2.13. The van der Waals surface area contributed by atoms with E-state index in [9.17, 15) is 5.11 Å². The minimum Gasteiger partial charge on any atom is -0.496 e. The lowest BCUT2D eigenvalue weighted by Gasteiger charge is -2.11. The van der Waals surface area contributed by atoms with Crippen molar-refractivity contribution in [3.05, 3.63) is 42.0 Å². The van der Waals surface area contributed by atoms with Crippen LogP contribution in [0.5, 0.6) is 5.75 Å². The highest BCUT2D eigenvalue weighted by molar-refractivity contribution is 5.39. The Hall–Kier alpha value is -1.28. The van der Waals surface area contributed by atoms with E-state index in [1.807, 2.05) is 24.3 Å². The van der Waals surface area contributed by atoms with E-state index in [4.69, 9.17) is 4.74 Å². The van der Waals surface area contributed by atoms with Gasteiger partial charge >= 0.3 is 0 Å². The smallest absolute Gasteiger partial charge is 0.124 e. The molecule has 1 atom stereocenters. The summed E-state index contributed by atoms with van der Waals surface area (Å²) in [5.41, 5.74) is 1.96. The quantitative estimate of drug-likeness (QED) is 0.742. The van der Waals surface area contributed by atoms with Crippen LogP contribution in [0.25, 0.3) is 0 Å². The topological polar surface area (TPSA) is 29.5 Å². The highest BCUT2D eigenvalue weighted by Gasteiger charge is 2.08. The van der Waals surface area contributed by atoms with E-state index in [1.165, 1.54) is 0 Å². The first-order valence-corrected chi connectivity index (χ1v) is 4.64. The monoisotopic (exact) mass is 192 g/mol. The molecule has 76 valence electrons. The van der Waals surface area contributed by atoms with Crippen molar-refractivity contribution < 1.29 is 9.84 Å². The molecule has 0 aromatic heterocycles. The van der Waals surface area contributed by atoms with Gasteiger partial charge < -0.3 is 9.84 Å². The maximum atomic E-state index is 9.46. The van der Waals surface area contributed by atoms with Crippen molar-refractivity contribution in [3.8, 4) is 5.75 Å². The molecule has 1 aromatic carbocycles. The Morgan fingerprint density at radius 2 is 2.29 bits per heavy atom. The minimum absolute atomic E-state index is 0.497. The van der Waals surface area contributed by atoms with Crippen LogP contribution >= 0.6 is 0 Å². The Labute approximate surface area is 84.8 Å². The standard InChI is InChI=1S/C12H16O2/c1-4-5-10-6-7-11(9(2)13)12(8-10)14-3/h4,6-9,13H,1,5H2,2-3H3. The fourth-order valence-electron chi connectivity index (χ4n) is 1.39. The Morgan fingerprint density at radius 3 is 2.79 bits per heavy atom. The first-order valence-electron chi connectivity index (χ1n) is 4.64. The van der Waals surface area contributed by atoms with Crippen molar-refractivity contribution in [2.24, 2.45) is 0 Å². The van der Waals surface area contributed by atoms with Gasteiger partial charge in [-0.1, -0.05) is 18.2 Å². The molecule has 14 heavy (non-hydrogen) atoms. The second-order valence-electron chi connectivity index (χ2n) is 3.25. The number of allylic oxidation sites excluding steroid dienone is 1. The highest BCUT2D eigenvalue weighted by Crippen LogP contribution is 2.26. The number of ether oxygens (including phenoxy) is 1. The van der Waals surface area contributed by atoms with Crippen LogP contribution in [0.1, 0.15) is 24.2 Å². The number of hydrogen-bond donors (Lipinski definition) is 1. The second kappa shape index (κ2) is 4.82. The number of benzene rings is 1. The molecule has 0 aliphatic heterocycles. The molecule has 2 heteroatoms. The van der Waals surface area contributed by atoms with E-state index >= 15 is 0 Å². The first-order chi connectivity index (χ1) is 6.69. The van der Waals surface area contributed by atoms with Crippen molar-refractivity contribution in [1.82, 2.24) is 0 Å². The summed E-state index contributed by atoms with van der Waals surface area (Å²) in [6, 6.07) is 5.80. The Morgan fingerprint density at radius 1 is 1.57 bits per heavy atom. The molecule has 0 radical (unpaired) electrons. The maximum absolute atomic E-state index is 9.46. The molecule has 0 fully saturated rings. The van der Waals surface area contributed by atoms with Gasteiger partial charge in [-0.05, 0) is 25.0 Å². The third kappa shape index (κ3) is 2.36. The fourth-order valence-corrected chi connectivity index (χ4v) is 1.39. The molecule has 0 aliphatic rings. The van der Waals surface area contributed by atoms with E-state index in [0.717, 1.165) is 23.3 Å². The summed E-state index contributed by atoms with van der Waals surface area (Å²) in [6.07, 6.45) is 2.16. The Kier molecular flexibility index (Phi) is 3.72. The predicted octanol–water partition coefficient (Wildman–Crippen LogP) is 2.48. The molecule has 1 aromatic rings. The van der Waals surface area contributed by atoms with Crippen LogP contribution in [0, 0.1) is 0 Å². The Balaban J connectivity index is 3.04. The zero-order valence-electron chi connectivity index (χ0n) is 8.66. The van der Waals surface area contributed by atoms with Gasteiger partial charge in [0, 0.05) is 5.56 Å². The summed E-state index contributed by atoms with van der Waals surface area (Å²) in [7, 11) is 1.61. The van der Waals surface area contributed by atoms with Crippen LogP contribution in [0.4, 0.5) is 0 Å². The molecule has 0 saturated heterocycles. The van der Waals surface area contributed by atoms with Gasteiger partial charge in [0.1, 0.15) is 5.75 Å². The van der Waals surface area contributed by atoms with Gasteiger partial charge in [0.15, 0.2) is 0 Å². The van der Waals surface area contributed by atoms with E-state index in [1.54, 1.807) is 14.0 Å². The van der Waals surface area contributed by atoms with Crippen LogP contribution in [-0.2, 0) is 6.42 Å². The molecule has 2 nitrogen and oxygen atoms in total. The molecular formula is C12H16O2. The van der Waals surface area contributed by atoms with Gasteiger partial charge in [0.25, 0.3) is 0 Å². The summed E-state index contributed by atoms with van der Waals surface area (Å²) in [6.45, 7) is 5.41. The number of hydrogen-bond acceptors (Lipinski definition) is 2. The van der Waals surface area contributed by atoms with Gasteiger partial charge in [-0.25, -0.2) is 0 Å². The van der Waals surface area contributed by atoms with Crippen LogP contribution < -0.4 is 4.74 Å². The summed E-state index contributed by atoms with van der Waals surface area (Å²) >= 11 is 0. The van der Waals surface area contributed by atoms with Crippen molar-refractivity contribution in [2.75, 3.05) is 7.11 Å². The van der Waals surface area contributed by atoms with E-state index in [0.29, 0.717) is 0 Å². The molecule has 0 saturated carbocycles. The lowest BCUT2D eigenvalue weighted by molar-refractivity contribution is 0.194. The molecule has 0 bridgehead atoms. The number of aliphatic hydroxyl groups is 1. The predicted molar refractivity (Wildman–Crippen MR) is 57.5 cm³/mol. The maximum Gasteiger partial charge on any atom is 0.124 e. The summed E-state index contributed by atoms with van der Waals surface area (Å²) in [5.74, 6) is 0.736. The number of aliphatic hydroxyl groups excluding tert-OH is 1. The molecular weight excluding hydrogens is 176 g/mol. The average Bonchev–Trinajstić information content (AvgIpc) is 2.17. The summed E-state index contributed by atoms with van der Waals surface area (Å²) < 4.78 is 5.20. The van der Waals surface area contributed by atoms with E-state index in [2.05, 4.69) is 6.58 Å². The normalized spacial score (nSPS) is 12.2. The van der Waals surface area contributed by atoms with Gasteiger partial charge in [-0.15, -0.1) is 6.58 Å². The third-order valence-electron chi connectivity index (χ3n) is 2.13. The summed E-state index contributed by atoms with van der Waals surface area (Å²) in [5, 5.41) is 9.46. The minimum atomic E-state index is -0.497. The van der Waals surface area contributed by atoms with Crippen molar-refractivity contribution in [2.45, 2.75) is 19.4 Å². The first kappa shape index (κ1) is 10.8. The van der Waals surface area contributed by atoms with Crippen LogP contribution in [0.2, 0.25) is 0 Å². The molecule has 0 aliphatic carbocycles. The molecule has 0 amide bonds. The second-order valence-corrected chi connectivity index (χ2v) is 3.25. The lowest BCUT2D eigenvalue weighted by Crippen LogP contribution is -1.97. The highest BCUT2D eigenvalue weighted by atomic mass is 16.5. The fraction of sp³-hybridized carbons (Fsp3) is 0.333. The van der Waals surface area contributed by atoms with E-state index in [-0.39, 0.29) is 0 Å². The van der Waals surface area contributed by atoms with Crippen LogP contribution in [0.3, 0.4) is 0 Å². The molecule has 0 heterocycles. The van der Waals surface area contributed by atoms with Gasteiger partial charge in [0.05, 0.1) is 13.2 Å². The zero-order valence-corrected chi connectivity index (χ0v) is 8.66. The lowest BCUT2D eigenvalue weighted by atomic mass is 10.0. The van der Waals surface area contributed by atoms with Gasteiger partial charge in [-0.2, -0.15) is 0 Å². The SMILES string of the molecule is C=CCc1ccc(C(C)O)c(OC)c1. The van der Waals surface area contributed by atoms with Crippen LogP contribution in [-0.4, -0.2) is 12.2 Å². The zero-order chi connectivity index (χ0) is 10.6. The number of rotatable bonds is 4. The van der Waals surface area contributed by atoms with Gasteiger partial charge in [0.2, 0.25) is 0 Å². The molecule has 1 unspecified atom stereocenters. The van der Waals surface area contributed by atoms with E-state index < -0.39 is 6.10 Å². The van der Waals surface area contributed by atoms with Crippen molar-refractivity contribution in [1.29, 1.82) is 0 Å². The van der Waals surface area contributed by atoms with Crippen molar-refractivity contribution in [3.63, 3.8) is 0 Å². The summed E-state index contributed by atoms with van der Waals surface area (Å²) in [4.78, 5) is 0. The average molecular weight is 192 g/mol. The molecule has 0 spiro atoms. The molecule has 1 rings (SSSR count). The molecule has 1 N–H and O–H groups in total. The van der Waals surface area contributed by atoms with Crippen molar-refractivity contribution >= 4 is 0 Å².